The van der Waals surface area contributed by atoms with E-state index in [1.54, 1.807) is 72.9 Å². The van der Waals surface area contributed by atoms with Gasteiger partial charge in [-0.3, -0.25) is 19.2 Å². The van der Waals surface area contributed by atoms with Crippen LogP contribution >= 0.6 is 11.3 Å². The molecule has 2 fully saturated rings. The van der Waals surface area contributed by atoms with Gasteiger partial charge in [-0.05, 0) is 194 Å². The Morgan fingerprint density at radius 2 is 0.965 bits per heavy atom. The molecule has 0 bridgehead atoms. The quantitative estimate of drug-likeness (QED) is 0.00703. The van der Waals surface area contributed by atoms with Gasteiger partial charge in [0.15, 0.2) is 0 Å². The highest BCUT2D eigenvalue weighted by molar-refractivity contribution is 7.22. The van der Waals surface area contributed by atoms with Crippen molar-refractivity contribution in [2.24, 2.45) is 28.8 Å². The average Bonchev–Trinajstić information content (AvgIpc) is 4.14. The summed E-state index contributed by atoms with van der Waals surface area (Å²) in [5.41, 5.74) is 1.25. The molecule has 0 radical (unpaired) electrons. The summed E-state index contributed by atoms with van der Waals surface area (Å²) in [6.45, 7) is 9.13. The van der Waals surface area contributed by atoms with Crippen LogP contribution in [0.1, 0.15) is 140 Å². The minimum Gasteiger partial charge on any atom is -0.494 e. The first-order chi connectivity index (χ1) is 42.0. The van der Waals surface area contributed by atoms with E-state index in [9.17, 15) is 28.8 Å². The average molecular weight is 1190 g/mol. The highest BCUT2D eigenvalue weighted by Crippen LogP contribution is 2.36. The molecule has 0 N–H and O–H groups in total. The lowest BCUT2D eigenvalue weighted by Gasteiger charge is -2.26. The fourth-order valence-corrected chi connectivity index (χ4v) is 11.0. The number of rotatable bonds is 35. The third-order valence-electron chi connectivity index (χ3n) is 15.0. The number of para-hydroxylation sites is 1. The van der Waals surface area contributed by atoms with Gasteiger partial charge in [-0.25, -0.2) is 19.6 Å². The van der Waals surface area contributed by atoms with Crippen molar-refractivity contribution in [2.45, 2.75) is 135 Å². The zero-order valence-electron chi connectivity index (χ0n) is 49.0. The Morgan fingerprint density at radius 3 is 1.45 bits per heavy atom. The number of nitrogens with zero attached hydrogens (tertiary/aromatic N) is 3. The number of benzene rings is 4. The van der Waals surface area contributed by atoms with Crippen LogP contribution in [0.3, 0.4) is 0 Å². The zero-order valence-corrected chi connectivity index (χ0v) is 49.9. The van der Waals surface area contributed by atoms with Gasteiger partial charge in [0.25, 0.3) is 0 Å². The van der Waals surface area contributed by atoms with Crippen LogP contribution in [-0.4, -0.2) is 80.0 Å². The monoisotopic (exact) mass is 1190 g/mol. The molecule has 0 spiro atoms. The Hall–Kier alpha value is -8.30. The van der Waals surface area contributed by atoms with Crippen LogP contribution in [0.5, 0.6) is 34.5 Å². The summed E-state index contributed by atoms with van der Waals surface area (Å²) in [5, 5.41) is 7.47. The van der Waals surface area contributed by atoms with Crippen LogP contribution in [0.25, 0.3) is 10.2 Å². The van der Waals surface area contributed by atoms with E-state index in [0.29, 0.717) is 118 Å². The number of hydrogen-bond acceptors (Lipinski definition) is 18. The fourth-order valence-electron chi connectivity index (χ4n) is 10.0. The van der Waals surface area contributed by atoms with Crippen molar-refractivity contribution >= 4 is 68.7 Å². The first-order valence-electron chi connectivity index (χ1n) is 30.1. The Balaban J connectivity index is 0.922. The molecule has 86 heavy (non-hydrogen) atoms. The summed E-state index contributed by atoms with van der Waals surface area (Å²) in [5.74, 6) is 1.18. The Kier molecular flexibility index (Phi) is 27.2. The van der Waals surface area contributed by atoms with Crippen molar-refractivity contribution in [2.75, 3.05) is 38.0 Å². The minimum atomic E-state index is -0.476. The standard InChI is InChI=1S/C68H79N3O14S/c1-4-7-8-9-10-17-42-71(68-70-59-22-15-16-23-61(59)86-68)69-48-53-47-58(84-66(76)51-26-24-49(25-27-51)64(74)82-56-36-32-54(33-37-56)78-43-18-11-13-20-45-80-62(72)5-2)40-41-60(53)85-67(77)52-30-28-50(29-31-52)65(75)83-57-38-34-55(35-39-57)79-44-19-12-14-21-46-81-63(73)6-3/h1,5-6,15-16,22-23,32-41,47-52H,2-3,7-14,17-21,24-31,42-46H2/b69-48+. The molecule has 1 heterocycles. The van der Waals surface area contributed by atoms with Crippen LogP contribution in [-0.2, 0) is 38.2 Å². The number of carbonyl (C=O) groups excluding carboxylic acids is 6. The Labute approximate surface area is 508 Å². The normalized spacial score (nSPS) is 16.5. The van der Waals surface area contributed by atoms with E-state index < -0.39 is 41.6 Å². The highest BCUT2D eigenvalue weighted by atomic mass is 32.1. The van der Waals surface area contributed by atoms with E-state index >= 15 is 0 Å². The van der Waals surface area contributed by atoms with Crippen LogP contribution in [0.15, 0.2) is 121 Å². The van der Waals surface area contributed by atoms with E-state index in [1.165, 1.54) is 11.3 Å². The Bertz CT molecular complexity index is 3050. The topological polar surface area (TPSA) is 205 Å². The van der Waals surface area contributed by atoms with E-state index in [0.717, 1.165) is 106 Å². The lowest BCUT2D eigenvalue weighted by Crippen LogP contribution is -2.30. The summed E-state index contributed by atoms with van der Waals surface area (Å²) in [6, 6.07) is 26.6. The molecule has 5 aromatic rings. The largest absolute Gasteiger partial charge is 0.494 e. The maximum atomic E-state index is 14.0. The summed E-state index contributed by atoms with van der Waals surface area (Å²) in [4.78, 5) is 81.6. The molecular formula is C68H79N3O14S. The van der Waals surface area contributed by atoms with Gasteiger partial charge in [-0.1, -0.05) is 49.5 Å². The molecule has 1 aromatic heterocycles. The van der Waals surface area contributed by atoms with Crippen molar-refractivity contribution in [3.8, 4) is 46.8 Å². The summed E-state index contributed by atoms with van der Waals surface area (Å²) < 4.78 is 46.4. The molecule has 4 aromatic carbocycles. The van der Waals surface area contributed by atoms with Gasteiger partial charge in [0.2, 0.25) is 5.13 Å². The lowest BCUT2D eigenvalue weighted by molar-refractivity contribution is -0.145. The summed E-state index contributed by atoms with van der Waals surface area (Å²) in [6.07, 6.45) is 24.2. The second-order valence-corrected chi connectivity index (χ2v) is 22.4. The molecule has 0 aliphatic heterocycles. The highest BCUT2D eigenvalue weighted by Gasteiger charge is 2.34. The number of thiazole rings is 1. The maximum absolute atomic E-state index is 14.0. The van der Waals surface area contributed by atoms with Gasteiger partial charge < -0.3 is 37.9 Å². The maximum Gasteiger partial charge on any atom is 0.330 e. The Morgan fingerprint density at radius 1 is 0.535 bits per heavy atom. The van der Waals surface area contributed by atoms with E-state index in [-0.39, 0.29) is 29.4 Å². The van der Waals surface area contributed by atoms with Crippen molar-refractivity contribution in [3.63, 3.8) is 0 Å². The molecular weight excluding hydrogens is 1110 g/mol. The van der Waals surface area contributed by atoms with Crippen LogP contribution in [0.2, 0.25) is 0 Å². The summed E-state index contributed by atoms with van der Waals surface area (Å²) in [7, 11) is 0. The van der Waals surface area contributed by atoms with Gasteiger partial charge in [0.05, 0.1) is 66.5 Å². The number of hydrazone groups is 1. The molecule has 0 amide bonds. The molecule has 2 aliphatic carbocycles. The summed E-state index contributed by atoms with van der Waals surface area (Å²) >= 11 is 1.52. The second-order valence-electron chi connectivity index (χ2n) is 21.4. The fraction of sp³-hybridized carbons (Fsp3) is 0.441. The molecule has 18 heteroatoms. The molecule has 17 nitrogen and oxygen atoms in total. The van der Waals surface area contributed by atoms with Crippen molar-refractivity contribution < 1.29 is 66.7 Å². The number of aromatic nitrogens is 1. The number of carbonyl (C=O) groups is 6. The molecule has 2 saturated carbocycles. The third kappa shape index (κ3) is 22.0. The van der Waals surface area contributed by atoms with Crippen molar-refractivity contribution in [1.82, 2.24) is 4.98 Å². The SMILES string of the molecule is C#CCCCCCCN(/N=C/c1cc(OC(=O)C2CCC(C(=O)Oc3ccc(OCCCCCCOC(=O)C=C)cc3)CC2)ccc1OC(=O)C1CCC(C(=O)Oc2ccc(OCCCCCCOC(=O)C=C)cc2)CC1)c1nc2ccccc2s1. The molecule has 7 rings (SSSR count). The van der Waals surface area contributed by atoms with Gasteiger partial charge >= 0.3 is 35.8 Å². The van der Waals surface area contributed by atoms with Gasteiger partial charge in [0.1, 0.15) is 34.5 Å². The smallest absolute Gasteiger partial charge is 0.330 e. The molecule has 0 unspecified atom stereocenters. The van der Waals surface area contributed by atoms with E-state index in [1.807, 2.05) is 29.3 Å². The lowest BCUT2D eigenvalue weighted by atomic mass is 9.82. The van der Waals surface area contributed by atoms with E-state index in [4.69, 9.17) is 54.4 Å². The second kappa shape index (κ2) is 35.9. The minimum absolute atomic E-state index is 0.227. The van der Waals surface area contributed by atoms with Gasteiger partial charge in [-0.2, -0.15) is 5.10 Å². The molecule has 2 aliphatic rings. The predicted molar refractivity (Wildman–Crippen MR) is 329 cm³/mol. The number of esters is 6. The number of hydrogen-bond donors (Lipinski definition) is 0. The third-order valence-corrected chi connectivity index (χ3v) is 16.0. The van der Waals surface area contributed by atoms with Crippen molar-refractivity contribution in [1.29, 1.82) is 0 Å². The molecule has 0 atom stereocenters. The number of terminal acetylenes is 1. The zero-order chi connectivity index (χ0) is 60.7. The number of fused-ring (bicyclic) bond motifs is 1. The van der Waals surface area contributed by atoms with Gasteiger partial charge in [-0.15, -0.1) is 12.3 Å². The number of anilines is 1. The molecule has 456 valence electrons. The first-order valence-corrected chi connectivity index (χ1v) is 31.0. The van der Waals surface area contributed by atoms with Crippen LogP contribution in [0, 0.1) is 36.0 Å². The van der Waals surface area contributed by atoms with Crippen LogP contribution in [0.4, 0.5) is 5.13 Å². The number of unbranched alkanes of at least 4 members (excludes halogenated alkanes) is 10. The molecule has 0 saturated heterocycles. The predicted octanol–water partition coefficient (Wildman–Crippen LogP) is 13.7. The van der Waals surface area contributed by atoms with Crippen LogP contribution < -0.4 is 33.4 Å². The van der Waals surface area contributed by atoms with Crippen molar-refractivity contribution in [3.05, 3.63) is 122 Å². The van der Waals surface area contributed by atoms with E-state index in [2.05, 4.69) is 19.1 Å². The first kappa shape index (κ1) is 65.2. The van der Waals surface area contributed by atoms with Gasteiger partial charge in [0, 0.05) is 30.7 Å². The number of ether oxygens (including phenoxy) is 8.